The second-order valence-corrected chi connectivity index (χ2v) is 9.18. The lowest BCUT2D eigenvalue weighted by atomic mass is 9.49. The first-order valence-electron chi connectivity index (χ1n) is 10.4. The highest BCUT2D eigenvalue weighted by Gasteiger charge is 2.50. The van der Waals surface area contributed by atoms with Crippen LogP contribution in [0.25, 0.3) is 0 Å². The molecule has 1 aromatic rings. The summed E-state index contributed by atoms with van der Waals surface area (Å²) < 4.78 is 10.9. The van der Waals surface area contributed by atoms with Crippen molar-refractivity contribution >= 4 is 5.97 Å². The van der Waals surface area contributed by atoms with Crippen LogP contribution >= 0.6 is 0 Å². The van der Waals surface area contributed by atoms with Crippen LogP contribution in [-0.4, -0.2) is 49.1 Å². The fourth-order valence-corrected chi connectivity index (χ4v) is 6.18. The maximum Gasteiger partial charge on any atom is 0.335 e. The molecule has 28 heavy (non-hydrogen) atoms. The van der Waals surface area contributed by atoms with Gasteiger partial charge in [-0.25, -0.2) is 4.79 Å². The minimum Gasteiger partial charge on any atom is -0.493 e. The predicted octanol–water partition coefficient (Wildman–Crippen LogP) is 2.94. The third-order valence-electron chi connectivity index (χ3n) is 6.89. The summed E-state index contributed by atoms with van der Waals surface area (Å²) in [5, 5.41) is 22.9. The van der Waals surface area contributed by atoms with Gasteiger partial charge in [0.25, 0.3) is 0 Å². The quantitative estimate of drug-likeness (QED) is 0.602. The van der Waals surface area contributed by atoms with Gasteiger partial charge in [0, 0.05) is 13.1 Å². The molecular formula is C22H31NO5. The Labute approximate surface area is 166 Å². The number of aromatic carboxylic acids is 1. The molecule has 6 nitrogen and oxygen atoms in total. The van der Waals surface area contributed by atoms with Crippen LogP contribution in [0.1, 0.15) is 48.9 Å². The molecule has 1 atom stereocenters. The van der Waals surface area contributed by atoms with E-state index in [-0.39, 0.29) is 12.2 Å². The Morgan fingerprint density at radius 2 is 1.82 bits per heavy atom. The lowest BCUT2D eigenvalue weighted by Gasteiger charge is -2.57. The number of nitrogens with one attached hydrogen (secondary N) is 1. The number of hydrogen-bond acceptors (Lipinski definition) is 5. The lowest BCUT2D eigenvalue weighted by Crippen LogP contribution is -2.51. The molecule has 0 aliphatic heterocycles. The Morgan fingerprint density at radius 1 is 1.18 bits per heavy atom. The van der Waals surface area contributed by atoms with Crippen molar-refractivity contribution in [3.8, 4) is 11.5 Å². The number of aliphatic hydroxyl groups excluding tert-OH is 1. The molecule has 0 heterocycles. The summed E-state index contributed by atoms with van der Waals surface area (Å²) >= 11 is 0. The molecule has 0 amide bonds. The Kier molecular flexibility index (Phi) is 5.52. The fourth-order valence-electron chi connectivity index (χ4n) is 6.18. The number of carboxylic acids is 1. The normalized spacial score (nSPS) is 31.6. The van der Waals surface area contributed by atoms with Crippen molar-refractivity contribution < 1.29 is 24.5 Å². The molecule has 4 saturated carbocycles. The molecule has 0 aromatic heterocycles. The van der Waals surface area contributed by atoms with E-state index in [0.717, 1.165) is 24.3 Å². The smallest absolute Gasteiger partial charge is 0.335 e. The highest BCUT2D eigenvalue weighted by Crippen LogP contribution is 2.59. The van der Waals surface area contributed by atoms with Crippen LogP contribution in [0, 0.1) is 23.2 Å². The number of aliphatic hydroxyl groups is 1. The van der Waals surface area contributed by atoms with E-state index in [1.807, 2.05) is 0 Å². The minimum absolute atomic E-state index is 0.136. The first kappa shape index (κ1) is 19.5. The van der Waals surface area contributed by atoms with Crippen LogP contribution in [0.5, 0.6) is 11.5 Å². The molecule has 4 fully saturated rings. The third-order valence-corrected chi connectivity index (χ3v) is 6.89. The molecule has 1 unspecified atom stereocenters. The predicted molar refractivity (Wildman–Crippen MR) is 105 cm³/mol. The van der Waals surface area contributed by atoms with E-state index in [9.17, 15) is 9.90 Å². The van der Waals surface area contributed by atoms with Gasteiger partial charge in [-0.05, 0) is 79.9 Å². The molecule has 0 radical (unpaired) electrons. The van der Waals surface area contributed by atoms with Gasteiger partial charge < -0.3 is 25.0 Å². The summed E-state index contributed by atoms with van der Waals surface area (Å²) in [4.78, 5) is 11.0. The largest absolute Gasteiger partial charge is 0.493 e. The van der Waals surface area contributed by atoms with E-state index in [1.54, 1.807) is 6.07 Å². The van der Waals surface area contributed by atoms with Gasteiger partial charge in [-0.15, -0.1) is 0 Å². The van der Waals surface area contributed by atoms with Crippen LogP contribution in [0.2, 0.25) is 0 Å². The Morgan fingerprint density at radius 3 is 2.39 bits per heavy atom. The minimum atomic E-state index is -1.02. The number of carboxylic acid groups (broad SMARTS) is 1. The average Bonchev–Trinajstić information content (AvgIpc) is 2.64. The number of hydrogen-bond donors (Lipinski definition) is 3. The van der Waals surface area contributed by atoms with Crippen LogP contribution in [-0.2, 0) is 0 Å². The van der Waals surface area contributed by atoms with E-state index in [4.69, 9.17) is 14.6 Å². The summed E-state index contributed by atoms with van der Waals surface area (Å²) in [6.07, 6.45) is 7.76. The number of rotatable bonds is 9. The van der Waals surface area contributed by atoms with Crippen molar-refractivity contribution in [2.75, 3.05) is 26.8 Å². The molecule has 154 valence electrons. The Hall–Kier alpha value is -1.79. The van der Waals surface area contributed by atoms with Gasteiger partial charge in [0.15, 0.2) is 11.5 Å². The van der Waals surface area contributed by atoms with E-state index in [2.05, 4.69) is 5.32 Å². The monoisotopic (exact) mass is 389 g/mol. The Bertz CT molecular complexity index is 684. The van der Waals surface area contributed by atoms with Gasteiger partial charge in [0.2, 0.25) is 0 Å². The molecule has 0 saturated heterocycles. The summed E-state index contributed by atoms with van der Waals surface area (Å²) in [5.41, 5.74) is 0.590. The van der Waals surface area contributed by atoms with Crippen molar-refractivity contribution in [2.24, 2.45) is 23.2 Å². The summed E-state index contributed by atoms with van der Waals surface area (Å²) in [6, 6.07) is 4.46. The zero-order valence-corrected chi connectivity index (χ0v) is 16.5. The van der Waals surface area contributed by atoms with Crippen molar-refractivity contribution in [3.05, 3.63) is 23.8 Å². The molecule has 4 aliphatic carbocycles. The van der Waals surface area contributed by atoms with E-state index in [0.29, 0.717) is 23.5 Å². The standard InChI is InChI=1S/C22H31NO5/c1-27-20-7-17(21(25)26)2-3-19(20)28-12-18(24)11-23-13-22-8-14-4-15(9-22)6-16(5-14)10-22/h2-3,7,14-16,18,23-24H,4-6,8-13H2,1H3,(H,25,26). The molecule has 4 aliphatic rings. The van der Waals surface area contributed by atoms with Gasteiger partial charge in [-0.2, -0.15) is 0 Å². The van der Waals surface area contributed by atoms with Crippen molar-refractivity contribution in [3.63, 3.8) is 0 Å². The molecular weight excluding hydrogens is 358 g/mol. The zero-order chi connectivity index (χ0) is 19.7. The summed E-state index contributed by atoms with van der Waals surface area (Å²) in [5.74, 6) is 2.58. The second kappa shape index (κ2) is 7.91. The van der Waals surface area contributed by atoms with Crippen molar-refractivity contribution in [2.45, 2.75) is 44.6 Å². The highest BCUT2D eigenvalue weighted by atomic mass is 16.5. The van der Waals surface area contributed by atoms with Crippen LogP contribution in [0.3, 0.4) is 0 Å². The number of carbonyl (C=O) groups is 1. The second-order valence-electron chi connectivity index (χ2n) is 9.18. The molecule has 6 heteroatoms. The van der Waals surface area contributed by atoms with Crippen LogP contribution < -0.4 is 14.8 Å². The molecule has 5 rings (SSSR count). The number of benzene rings is 1. The molecule has 1 aromatic carbocycles. The summed E-state index contributed by atoms with van der Waals surface area (Å²) in [7, 11) is 1.47. The molecule has 0 spiro atoms. The maximum absolute atomic E-state index is 11.0. The van der Waals surface area contributed by atoms with Crippen LogP contribution in [0.15, 0.2) is 18.2 Å². The zero-order valence-electron chi connectivity index (χ0n) is 16.5. The summed E-state index contributed by atoms with van der Waals surface area (Å²) in [6.45, 7) is 1.62. The van der Waals surface area contributed by atoms with E-state index in [1.165, 1.54) is 57.8 Å². The fraction of sp³-hybridized carbons (Fsp3) is 0.682. The van der Waals surface area contributed by atoms with E-state index < -0.39 is 12.1 Å². The Balaban J connectivity index is 1.24. The highest BCUT2D eigenvalue weighted by molar-refractivity contribution is 5.88. The first-order chi connectivity index (χ1) is 13.5. The van der Waals surface area contributed by atoms with Crippen molar-refractivity contribution in [1.82, 2.24) is 5.32 Å². The first-order valence-corrected chi connectivity index (χ1v) is 10.4. The third kappa shape index (κ3) is 4.13. The number of methoxy groups -OCH3 is 1. The topological polar surface area (TPSA) is 88.0 Å². The van der Waals surface area contributed by atoms with Gasteiger partial charge >= 0.3 is 5.97 Å². The van der Waals surface area contributed by atoms with Crippen molar-refractivity contribution in [1.29, 1.82) is 0 Å². The lowest BCUT2D eigenvalue weighted by molar-refractivity contribution is -0.0524. The number of ether oxygens (including phenoxy) is 2. The van der Waals surface area contributed by atoms with Crippen LogP contribution in [0.4, 0.5) is 0 Å². The molecule has 4 bridgehead atoms. The van der Waals surface area contributed by atoms with Gasteiger partial charge in [0.1, 0.15) is 12.7 Å². The van der Waals surface area contributed by atoms with E-state index >= 15 is 0 Å². The maximum atomic E-state index is 11.0. The SMILES string of the molecule is COc1cc(C(=O)O)ccc1OCC(O)CNCC12CC3CC(CC(C3)C1)C2. The van der Waals surface area contributed by atoms with Gasteiger partial charge in [-0.3, -0.25) is 0 Å². The van der Waals surface area contributed by atoms with Gasteiger partial charge in [0.05, 0.1) is 12.7 Å². The average molecular weight is 389 g/mol. The molecule has 3 N–H and O–H groups in total. The van der Waals surface area contributed by atoms with Gasteiger partial charge in [-0.1, -0.05) is 0 Å².